The molecular formula is C23H30N4O3. The SMILES string of the molecule is NC(=O)[C@]12CCCCN1C(=O)N(c1ccc(C3(CN4CCCC4)CCC3)cc1)C2=O. The van der Waals surface area contributed by atoms with Crippen molar-refractivity contribution in [3.63, 3.8) is 0 Å². The first-order valence-corrected chi connectivity index (χ1v) is 11.3. The molecule has 5 rings (SSSR count). The number of anilines is 1. The number of carbonyl (C=O) groups excluding carboxylic acids is 3. The molecule has 7 nitrogen and oxygen atoms in total. The highest BCUT2D eigenvalue weighted by Crippen LogP contribution is 2.46. The molecule has 3 aliphatic heterocycles. The number of likely N-dealkylation sites (tertiary alicyclic amines) is 1. The molecule has 3 heterocycles. The summed E-state index contributed by atoms with van der Waals surface area (Å²) >= 11 is 0. The maximum absolute atomic E-state index is 13.2. The predicted octanol–water partition coefficient (Wildman–Crippen LogP) is 2.38. The van der Waals surface area contributed by atoms with E-state index in [4.69, 9.17) is 5.73 Å². The van der Waals surface area contributed by atoms with Crippen LogP contribution in [0.1, 0.15) is 56.9 Å². The fraction of sp³-hybridized carbons (Fsp3) is 0.609. The number of urea groups is 1. The molecule has 0 radical (unpaired) electrons. The smallest absolute Gasteiger partial charge is 0.332 e. The normalized spacial score (nSPS) is 28.5. The van der Waals surface area contributed by atoms with Gasteiger partial charge in [-0.25, -0.2) is 9.69 Å². The van der Waals surface area contributed by atoms with Crippen LogP contribution >= 0.6 is 0 Å². The van der Waals surface area contributed by atoms with Crippen molar-refractivity contribution in [2.45, 2.75) is 62.3 Å². The lowest BCUT2D eigenvalue weighted by Gasteiger charge is -2.45. The van der Waals surface area contributed by atoms with Crippen molar-refractivity contribution >= 4 is 23.5 Å². The van der Waals surface area contributed by atoms with Gasteiger partial charge in [-0.15, -0.1) is 0 Å². The predicted molar refractivity (Wildman–Crippen MR) is 113 cm³/mol. The van der Waals surface area contributed by atoms with Gasteiger partial charge in [-0.05, 0) is 75.7 Å². The number of amides is 4. The third-order valence-corrected chi connectivity index (χ3v) is 7.79. The maximum atomic E-state index is 13.2. The minimum atomic E-state index is -1.51. The Balaban J connectivity index is 1.42. The average Bonchev–Trinajstić information content (AvgIpc) is 3.31. The highest BCUT2D eigenvalue weighted by atomic mass is 16.2. The maximum Gasteiger partial charge on any atom is 0.332 e. The molecular weight excluding hydrogens is 380 g/mol. The van der Waals surface area contributed by atoms with Gasteiger partial charge in [-0.3, -0.25) is 9.59 Å². The first-order chi connectivity index (χ1) is 14.5. The number of nitrogens with two attached hydrogens (primary N) is 1. The molecule has 0 bridgehead atoms. The fourth-order valence-electron chi connectivity index (χ4n) is 5.91. The van der Waals surface area contributed by atoms with Crippen LogP contribution in [-0.4, -0.2) is 59.4 Å². The summed E-state index contributed by atoms with van der Waals surface area (Å²) in [5.41, 5.74) is 6.12. The van der Waals surface area contributed by atoms with Crippen molar-refractivity contribution in [2.24, 2.45) is 5.73 Å². The number of hydrogen-bond donors (Lipinski definition) is 1. The summed E-state index contributed by atoms with van der Waals surface area (Å²) in [6.45, 7) is 3.84. The number of rotatable bonds is 5. The van der Waals surface area contributed by atoms with E-state index in [1.807, 2.05) is 12.1 Å². The van der Waals surface area contributed by atoms with Crippen molar-refractivity contribution in [2.75, 3.05) is 31.1 Å². The van der Waals surface area contributed by atoms with Gasteiger partial charge in [-0.1, -0.05) is 18.6 Å². The van der Waals surface area contributed by atoms with Gasteiger partial charge < -0.3 is 15.5 Å². The van der Waals surface area contributed by atoms with E-state index in [2.05, 4.69) is 17.0 Å². The molecule has 4 fully saturated rings. The van der Waals surface area contributed by atoms with Gasteiger partial charge in [-0.2, -0.15) is 0 Å². The Hall–Kier alpha value is -2.41. The van der Waals surface area contributed by atoms with Gasteiger partial charge in [0, 0.05) is 18.5 Å². The molecule has 30 heavy (non-hydrogen) atoms. The quantitative estimate of drug-likeness (QED) is 0.596. The van der Waals surface area contributed by atoms with E-state index in [9.17, 15) is 14.4 Å². The van der Waals surface area contributed by atoms with E-state index in [0.29, 0.717) is 25.1 Å². The number of fused-ring (bicyclic) bond motifs is 1. The lowest BCUT2D eigenvalue weighted by molar-refractivity contribution is -0.139. The molecule has 0 aromatic heterocycles. The molecule has 3 saturated heterocycles. The van der Waals surface area contributed by atoms with E-state index < -0.39 is 23.4 Å². The Labute approximate surface area is 177 Å². The largest absolute Gasteiger partial charge is 0.367 e. The zero-order chi connectivity index (χ0) is 20.9. The van der Waals surface area contributed by atoms with Crippen LogP contribution in [0.2, 0.25) is 0 Å². The second kappa shape index (κ2) is 7.08. The Kier molecular flexibility index (Phi) is 4.61. The van der Waals surface area contributed by atoms with Crippen LogP contribution in [0.25, 0.3) is 0 Å². The van der Waals surface area contributed by atoms with Crippen LogP contribution in [0.4, 0.5) is 10.5 Å². The summed E-state index contributed by atoms with van der Waals surface area (Å²) in [4.78, 5) is 43.7. The van der Waals surface area contributed by atoms with Crippen molar-refractivity contribution in [1.29, 1.82) is 0 Å². The van der Waals surface area contributed by atoms with Gasteiger partial charge in [0.05, 0.1) is 5.69 Å². The molecule has 2 N–H and O–H groups in total. The van der Waals surface area contributed by atoms with E-state index in [0.717, 1.165) is 17.9 Å². The third-order valence-electron chi connectivity index (χ3n) is 7.79. The summed E-state index contributed by atoms with van der Waals surface area (Å²) in [7, 11) is 0. The number of hydrogen-bond acceptors (Lipinski definition) is 4. The standard InChI is InChI=1S/C23H30N4O3/c24-19(28)23-12-1-2-15-26(23)21(30)27(20(23)29)18-8-6-17(7-9-18)22(10-5-11-22)16-25-13-3-4-14-25/h6-9H,1-5,10-16H2,(H2,24,28)/t23-/m0/s1. The number of piperidine rings is 1. The molecule has 0 spiro atoms. The topological polar surface area (TPSA) is 86.9 Å². The number of imide groups is 1. The average molecular weight is 411 g/mol. The summed E-state index contributed by atoms with van der Waals surface area (Å²) in [6, 6.07) is 7.44. The molecule has 1 aromatic carbocycles. The Morgan fingerprint density at radius 1 is 0.900 bits per heavy atom. The lowest BCUT2D eigenvalue weighted by Crippen LogP contribution is -2.60. The number of carbonyl (C=O) groups is 3. The van der Waals surface area contributed by atoms with E-state index in [1.165, 1.54) is 55.7 Å². The van der Waals surface area contributed by atoms with Gasteiger partial charge in [0.1, 0.15) is 0 Å². The van der Waals surface area contributed by atoms with Gasteiger partial charge in [0.2, 0.25) is 5.54 Å². The van der Waals surface area contributed by atoms with Gasteiger partial charge >= 0.3 is 6.03 Å². The van der Waals surface area contributed by atoms with Gasteiger partial charge in [0.25, 0.3) is 11.8 Å². The highest BCUT2D eigenvalue weighted by Gasteiger charge is 2.62. The summed E-state index contributed by atoms with van der Waals surface area (Å²) in [5.74, 6) is -1.22. The van der Waals surface area contributed by atoms with Crippen molar-refractivity contribution in [3.8, 4) is 0 Å². The second-order valence-electron chi connectivity index (χ2n) is 9.42. The zero-order valence-electron chi connectivity index (χ0n) is 17.4. The summed E-state index contributed by atoms with van der Waals surface area (Å²) in [5, 5.41) is 0. The summed E-state index contributed by atoms with van der Waals surface area (Å²) in [6.07, 6.45) is 7.98. The van der Waals surface area contributed by atoms with Crippen molar-refractivity contribution in [3.05, 3.63) is 29.8 Å². The minimum Gasteiger partial charge on any atom is -0.367 e. The molecule has 1 aromatic rings. The zero-order valence-corrected chi connectivity index (χ0v) is 17.4. The van der Waals surface area contributed by atoms with Crippen LogP contribution in [0.5, 0.6) is 0 Å². The molecule has 1 atom stereocenters. The molecule has 4 aliphatic rings. The van der Waals surface area contributed by atoms with Crippen molar-refractivity contribution in [1.82, 2.24) is 9.80 Å². The Bertz CT molecular complexity index is 873. The molecule has 0 unspecified atom stereocenters. The van der Waals surface area contributed by atoms with Crippen LogP contribution < -0.4 is 10.6 Å². The van der Waals surface area contributed by atoms with Gasteiger partial charge in [0.15, 0.2) is 0 Å². The molecule has 4 amide bonds. The first kappa shape index (κ1) is 19.5. The third kappa shape index (κ3) is 2.71. The molecule has 1 aliphatic carbocycles. The van der Waals surface area contributed by atoms with E-state index >= 15 is 0 Å². The first-order valence-electron chi connectivity index (χ1n) is 11.3. The van der Waals surface area contributed by atoms with E-state index in [1.54, 1.807) is 0 Å². The minimum absolute atomic E-state index is 0.188. The Morgan fingerprint density at radius 2 is 1.57 bits per heavy atom. The fourth-order valence-corrected chi connectivity index (χ4v) is 5.91. The monoisotopic (exact) mass is 410 g/mol. The molecule has 160 valence electrons. The highest BCUT2D eigenvalue weighted by molar-refractivity contribution is 6.30. The van der Waals surface area contributed by atoms with Crippen LogP contribution in [0.15, 0.2) is 24.3 Å². The number of benzene rings is 1. The number of nitrogens with zero attached hydrogens (tertiary/aromatic N) is 3. The molecule has 7 heteroatoms. The van der Waals surface area contributed by atoms with Crippen LogP contribution in [0, 0.1) is 0 Å². The van der Waals surface area contributed by atoms with E-state index in [-0.39, 0.29) is 5.41 Å². The number of primary amides is 1. The van der Waals surface area contributed by atoms with Crippen molar-refractivity contribution < 1.29 is 14.4 Å². The lowest BCUT2D eigenvalue weighted by atomic mass is 9.64. The van der Waals surface area contributed by atoms with Crippen LogP contribution in [-0.2, 0) is 15.0 Å². The Morgan fingerprint density at radius 3 is 2.13 bits per heavy atom. The summed E-state index contributed by atoms with van der Waals surface area (Å²) < 4.78 is 0. The second-order valence-corrected chi connectivity index (χ2v) is 9.42. The molecule has 1 saturated carbocycles. The van der Waals surface area contributed by atoms with Crippen LogP contribution in [0.3, 0.4) is 0 Å².